The van der Waals surface area contributed by atoms with E-state index in [1.165, 1.54) is 38.1 Å². The van der Waals surface area contributed by atoms with Crippen molar-refractivity contribution in [2.24, 2.45) is 0 Å². The molecule has 6 heteroatoms. The second-order valence-corrected chi connectivity index (χ2v) is 4.68. The van der Waals surface area contributed by atoms with Crippen LogP contribution >= 0.6 is 0 Å². The van der Waals surface area contributed by atoms with Crippen molar-refractivity contribution in [1.29, 1.82) is 0 Å². The largest absolute Gasteiger partial charge is 0.406 e. The molecule has 0 aliphatic carbocycles. The standard InChI is InChI=1S/C15H16F3NO2/c1-11(2)19(10-15(16,17)18)14(21)13-7-5-12(6-8-13)4-3-9-20/h5-8,11,20H,9-10H2,1-2H3. The zero-order valence-electron chi connectivity index (χ0n) is 11.7. The van der Waals surface area contributed by atoms with Crippen LogP contribution in [-0.2, 0) is 0 Å². The number of amides is 1. The summed E-state index contributed by atoms with van der Waals surface area (Å²) in [6, 6.07) is 5.35. The summed E-state index contributed by atoms with van der Waals surface area (Å²) in [5.41, 5.74) is 0.745. The van der Waals surface area contributed by atoms with Crippen LogP contribution in [0.3, 0.4) is 0 Å². The summed E-state index contributed by atoms with van der Waals surface area (Å²) in [7, 11) is 0. The van der Waals surface area contributed by atoms with Crippen LogP contribution in [0.5, 0.6) is 0 Å². The smallest absolute Gasteiger partial charge is 0.384 e. The van der Waals surface area contributed by atoms with Crippen LogP contribution in [0.4, 0.5) is 13.2 Å². The minimum Gasteiger partial charge on any atom is -0.384 e. The van der Waals surface area contributed by atoms with E-state index in [1.807, 2.05) is 0 Å². The van der Waals surface area contributed by atoms with Gasteiger partial charge in [0.15, 0.2) is 0 Å². The van der Waals surface area contributed by atoms with Gasteiger partial charge in [-0.25, -0.2) is 0 Å². The number of aliphatic hydroxyl groups is 1. The molecule has 0 fully saturated rings. The summed E-state index contributed by atoms with van der Waals surface area (Å²) in [6.07, 6.45) is -4.44. The highest BCUT2D eigenvalue weighted by molar-refractivity contribution is 5.94. The molecule has 0 bridgehead atoms. The molecule has 1 aromatic carbocycles. The second-order valence-electron chi connectivity index (χ2n) is 4.68. The van der Waals surface area contributed by atoms with Gasteiger partial charge in [-0.15, -0.1) is 0 Å². The van der Waals surface area contributed by atoms with E-state index < -0.39 is 24.7 Å². The van der Waals surface area contributed by atoms with Crippen LogP contribution < -0.4 is 0 Å². The van der Waals surface area contributed by atoms with Gasteiger partial charge in [-0.3, -0.25) is 4.79 Å². The molecule has 21 heavy (non-hydrogen) atoms. The minimum absolute atomic E-state index is 0.169. The van der Waals surface area contributed by atoms with Crippen molar-refractivity contribution >= 4 is 5.91 Å². The predicted molar refractivity (Wildman–Crippen MR) is 72.6 cm³/mol. The lowest BCUT2D eigenvalue weighted by Crippen LogP contribution is -2.43. The number of benzene rings is 1. The Morgan fingerprint density at radius 2 is 1.86 bits per heavy atom. The summed E-state index contributed by atoms with van der Waals surface area (Å²) < 4.78 is 37.5. The van der Waals surface area contributed by atoms with Crippen molar-refractivity contribution in [1.82, 2.24) is 4.90 Å². The first kappa shape index (κ1) is 17.1. The lowest BCUT2D eigenvalue weighted by Gasteiger charge is -2.27. The Balaban J connectivity index is 2.94. The molecule has 114 valence electrons. The van der Waals surface area contributed by atoms with Crippen molar-refractivity contribution in [3.05, 3.63) is 35.4 Å². The number of aliphatic hydroxyl groups excluding tert-OH is 1. The molecule has 0 atom stereocenters. The molecule has 0 aliphatic heterocycles. The maximum atomic E-state index is 12.5. The molecular formula is C15H16F3NO2. The normalized spacial score (nSPS) is 11.0. The molecule has 0 saturated carbocycles. The fourth-order valence-corrected chi connectivity index (χ4v) is 1.69. The van der Waals surface area contributed by atoms with Crippen LogP contribution in [0.1, 0.15) is 29.8 Å². The third-order valence-electron chi connectivity index (χ3n) is 2.68. The van der Waals surface area contributed by atoms with Crippen molar-refractivity contribution in [2.45, 2.75) is 26.1 Å². The zero-order chi connectivity index (χ0) is 16.0. The lowest BCUT2D eigenvalue weighted by atomic mass is 10.1. The summed E-state index contributed by atoms with van der Waals surface area (Å²) in [5, 5.41) is 8.57. The number of carbonyl (C=O) groups excluding carboxylic acids is 1. The molecule has 1 rings (SSSR count). The molecule has 1 aromatic rings. The Labute approximate surface area is 121 Å². The van der Waals surface area contributed by atoms with Gasteiger partial charge in [0.2, 0.25) is 0 Å². The van der Waals surface area contributed by atoms with Gasteiger partial charge >= 0.3 is 6.18 Å². The predicted octanol–water partition coefficient (Wildman–Crippen LogP) is 2.44. The van der Waals surface area contributed by atoms with Crippen molar-refractivity contribution < 1.29 is 23.1 Å². The fraction of sp³-hybridized carbons (Fsp3) is 0.400. The van der Waals surface area contributed by atoms with Crippen molar-refractivity contribution in [3.8, 4) is 11.8 Å². The molecule has 0 saturated heterocycles. The van der Waals surface area contributed by atoms with E-state index in [-0.39, 0.29) is 12.2 Å². The van der Waals surface area contributed by atoms with Gasteiger partial charge in [0, 0.05) is 17.2 Å². The van der Waals surface area contributed by atoms with Crippen LogP contribution in [0.25, 0.3) is 0 Å². The maximum absolute atomic E-state index is 12.5. The fourth-order valence-electron chi connectivity index (χ4n) is 1.69. The molecular weight excluding hydrogens is 283 g/mol. The van der Waals surface area contributed by atoms with Gasteiger partial charge in [0.25, 0.3) is 5.91 Å². The minimum atomic E-state index is -4.44. The van der Waals surface area contributed by atoms with E-state index in [1.54, 1.807) is 0 Å². The van der Waals surface area contributed by atoms with Crippen molar-refractivity contribution in [2.75, 3.05) is 13.2 Å². The van der Waals surface area contributed by atoms with Gasteiger partial charge in [-0.1, -0.05) is 11.8 Å². The van der Waals surface area contributed by atoms with E-state index >= 15 is 0 Å². The first-order chi connectivity index (χ1) is 9.74. The molecule has 3 nitrogen and oxygen atoms in total. The highest BCUT2D eigenvalue weighted by atomic mass is 19.4. The molecule has 0 aliphatic rings. The number of hydrogen-bond donors (Lipinski definition) is 1. The van der Waals surface area contributed by atoms with E-state index in [4.69, 9.17) is 5.11 Å². The Morgan fingerprint density at radius 3 is 2.29 bits per heavy atom. The average molecular weight is 299 g/mol. The Hall–Kier alpha value is -2.00. The van der Waals surface area contributed by atoms with E-state index in [9.17, 15) is 18.0 Å². The Bertz CT molecular complexity index is 539. The van der Waals surface area contributed by atoms with Crippen LogP contribution in [0, 0.1) is 11.8 Å². The molecule has 0 unspecified atom stereocenters. The molecule has 1 N–H and O–H groups in total. The van der Waals surface area contributed by atoms with Crippen LogP contribution in [-0.4, -0.2) is 41.3 Å². The molecule has 0 aromatic heterocycles. The van der Waals surface area contributed by atoms with Gasteiger partial charge < -0.3 is 10.0 Å². The SMILES string of the molecule is CC(C)N(CC(F)(F)F)C(=O)c1ccc(C#CCO)cc1. The van der Waals surface area contributed by atoms with Crippen LogP contribution in [0.2, 0.25) is 0 Å². The zero-order valence-corrected chi connectivity index (χ0v) is 11.7. The first-order valence-corrected chi connectivity index (χ1v) is 6.32. The van der Waals surface area contributed by atoms with Gasteiger partial charge in [0.1, 0.15) is 13.2 Å². The van der Waals surface area contributed by atoms with Crippen LogP contribution in [0.15, 0.2) is 24.3 Å². The highest BCUT2D eigenvalue weighted by Gasteiger charge is 2.34. The molecule has 1 amide bonds. The highest BCUT2D eigenvalue weighted by Crippen LogP contribution is 2.20. The Morgan fingerprint density at radius 1 is 1.29 bits per heavy atom. The van der Waals surface area contributed by atoms with Gasteiger partial charge in [-0.2, -0.15) is 13.2 Å². The third kappa shape index (κ3) is 5.48. The number of nitrogens with zero attached hydrogens (tertiary/aromatic N) is 1. The van der Waals surface area contributed by atoms with E-state index in [0.717, 1.165) is 4.90 Å². The number of hydrogen-bond acceptors (Lipinski definition) is 2. The van der Waals surface area contributed by atoms with Gasteiger partial charge in [-0.05, 0) is 38.1 Å². The monoisotopic (exact) mass is 299 g/mol. The van der Waals surface area contributed by atoms with Gasteiger partial charge in [0.05, 0.1) is 0 Å². The molecule has 0 heterocycles. The summed E-state index contributed by atoms with van der Waals surface area (Å²) >= 11 is 0. The summed E-state index contributed by atoms with van der Waals surface area (Å²) in [6.45, 7) is 1.50. The third-order valence-corrected chi connectivity index (χ3v) is 2.68. The number of rotatable bonds is 3. The number of alkyl halides is 3. The second kappa shape index (κ2) is 7.14. The Kier molecular flexibility index (Phi) is 5.79. The van der Waals surface area contributed by atoms with Crippen molar-refractivity contribution in [3.63, 3.8) is 0 Å². The van der Waals surface area contributed by atoms with E-state index in [2.05, 4.69) is 11.8 Å². The maximum Gasteiger partial charge on any atom is 0.406 e. The quantitative estimate of drug-likeness (QED) is 0.871. The number of halogens is 3. The molecule has 0 radical (unpaired) electrons. The number of carbonyl (C=O) groups is 1. The topological polar surface area (TPSA) is 40.5 Å². The molecule has 0 spiro atoms. The lowest BCUT2D eigenvalue weighted by molar-refractivity contribution is -0.143. The summed E-state index contributed by atoms with van der Waals surface area (Å²) in [5.74, 6) is 4.42. The van der Waals surface area contributed by atoms with E-state index in [0.29, 0.717) is 5.56 Å². The first-order valence-electron chi connectivity index (χ1n) is 6.32. The summed E-state index contributed by atoms with van der Waals surface area (Å²) in [4.78, 5) is 12.9. The average Bonchev–Trinajstić information content (AvgIpc) is 2.41.